The van der Waals surface area contributed by atoms with E-state index >= 15 is 0 Å². The lowest BCUT2D eigenvalue weighted by Gasteiger charge is -2.15. The number of carbonyl (C=O) groups excluding carboxylic acids is 1. The molecule has 0 radical (unpaired) electrons. The summed E-state index contributed by atoms with van der Waals surface area (Å²) in [5.41, 5.74) is 2.20. The van der Waals surface area contributed by atoms with E-state index < -0.39 is 5.97 Å². The first-order chi connectivity index (χ1) is 14.9. The first-order valence-electron chi connectivity index (χ1n) is 9.84. The highest BCUT2D eigenvalue weighted by atomic mass is 16.5. The Balaban J connectivity index is 2.04. The number of nitrogens with zero attached hydrogens (tertiary/aromatic N) is 3. The number of nitrogens with one attached hydrogen (secondary N) is 1. The fourth-order valence-electron chi connectivity index (χ4n) is 3.53. The molecule has 3 aromatic heterocycles. The number of aromatic nitrogens is 3. The van der Waals surface area contributed by atoms with Crippen LogP contribution in [-0.2, 0) is 11.3 Å². The summed E-state index contributed by atoms with van der Waals surface area (Å²) in [6.45, 7) is 3.99. The normalized spacial score (nSPS) is 11.1. The largest absolute Gasteiger partial charge is 0.497 e. The number of rotatable bonds is 5. The van der Waals surface area contributed by atoms with E-state index in [9.17, 15) is 9.59 Å². The molecule has 1 aromatic carbocycles. The lowest BCUT2D eigenvalue weighted by atomic mass is 10.1. The number of aryl methyl sites for hydroxylation is 1. The van der Waals surface area contributed by atoms with Gasteiger partial charge in [-0.15, -0.1) is 0 Å². The molecular weight excluding hydrogens is 396 g/mol. The topological polar surface area (TPSA) is 98.7 Å². The van der Waals surface area contributed by atoms with Gasteiger partial charge in [0.15, 0.2) is 0 Å². The van der Waals surface area contributed by atoms with Crippen molar-refractivity contribution >= 4 is 22.6 Å². The molecule has 0 saturated heterocycles. The van der Waals surface area contributed by atoms with Gasteiger partial charge in [-0.05, 0) is 49.2 Å². The van der Waals surface area contributed by atoms with Crippen molar-refractivity contribution in [2.75, 3.05) is 13.7 Å². The molecule has 0 aliphatic carbocycles. The number of hydrogen-bond donors (Lipinski definition) is 1. The van der Waals surface area contributed by atoms with Crippen LogP contribution in [0.5, 0.6) is 5.75 Å². The van der Waals surface area contributed by atoms with E-state index in [-0.39, 0.29) is 35.1 Å². The van der Waals surface area contributed by atoms with Gasteiger partial charge in [-0.2, -0.15) is 0 Å². The lowest BCUT2D eigenvalue weighted by Crippen LogP contribution is -2.31. The number of carbonyl (C=O) groups is 1. The van der Waals surface area contributed by atoms with E-state index in [0.29, 0.717) is 17.0 Å². The minimum atomic E-state index is -0.647. The van der Waals surface area contributed by atoms with E-state index in [1.165, 1.54) is 10.5 Å². The molecular formula is C23H22N4O4. The molecule has 0 spiro atoms. The Morgan fingerprint density at radius 1 is 1.16 bits per heavy atom. The maximum Gasteiger partial charge on any atom is 0.341 e. The van der Waals surface area contributed by atoms with Gasteiger partial charge in [-0.1, -0.05) is 18.2 Å². The number of ether oxygens (including phenoxy) is 2. The number of hydrogen-bond acceptors (Lipinski definition) is 6. The van der Waals surface area contributed by atoms with Crippen molar-refractivity contribution in [2.45, 2.75) is 20.4 Å². The smallest absolute Gasteiger partial charge is 0.341 e. The highest BCUT2D eigenvalue weighted by Gasteiger charge is 2.19. The monoisotopic (exact) mass is 418 g/mol. The standard InChI is InChI=1S/C23H22N4O4/c1-4-31-23(29)17-12-18-21(25-20-14(2)6-5-11-26(20)22(18)28)27(19(17)24)13-15-7-9-16(30-3)10-8-15/h5-12,24H,4,13H2,1-3H3. The molecule has 158 valence electrons. The Labute approximate surface area is 177 Å². The van der Waals surface area contributed by atoms with Crippen LogP contribution in [0.4, 0.5) is 0 Å². The molecule has 4 rings (SSSR count). The zero-order valence-corrected chi connectivity index (χ0v) is 17.5. The average molecular weight is 418 g/mol. The second-order valence-corrected chi connectivity index (χ2v) is 7.10. The Kier molecular flexibility index (Phi) is 5.29. The van der Waals surface area contributed by atoms with Crippen LogP contribution < -0.4 is 15.8 Å². The van der Waals surface area contributed by atoms with Crippen molar-refractivity contribution in [2.24, 2.45) is 0 Å². The predicted octanol–water partition coefficient (Wildman–Crippen LogP) is 2.67. The summed E-state index contributed by atoms with van der Waals surface area (Å²) in [5, 5.41) is 8.93. The second-order valence-electron chi connectivity index (χ2n) is 7.10. The summed E-state index contributed by atoms with van der Waals surface area (Å²) >= 11 is 0. The van der Waals surface area contributed by atoms with Crippen molar-refractivity contribution < 1.29 is 14.3 Å². The molecule has 0 fully saturated rings. The third-order valence-corrected chi connectivity index (χ3v) is 5.13. The summed E-state index contributed by atoms with van der Waals surface area (Å²) in [4.78, 5) is 30.5. The van der Waals surface area contributed by atoms with E-state index in [2.05, 4.69) is 0 Å². The minimum Gasteiger partial charge on any atom is -0.497 e. The molecule has 0 aliphatic heterocycles. The van der Waals surface area contributed by atoms with E-state index in [1.54, 1.807) is 30.9 Å². The Bertz CT molecular complexity index is 1420. The maximum atomic E-state index is 13.3. The fraction of sp³-hybridized carbons (Fsp3) is 0.217. The van der Waals surface area contributed by atoms with Crippen LogP contribution in [0, 0.1) is 12.3 Å². The number of pyridine rings is 2. The van der Waals surface area contributed by atoms with E-state index in [1.807, 2.05) is 37.3 Å². The lowest BCUT2D eigenvalue weighted by molar-refractivity contribution is 0.0523. The zero-order valence-electron chi connectivity index (χ0n) is 17.5. The Morgan fingerprint density at radius 3 is 2.58 bits per heavy atom. The van der Waals surface area contributed by atoms with Crippen LogP contribution in [0.2, 0.25) is 0 Å². The van der Waals surface area contributed by atoms with Crippen LogP contribution in [-0.4, -0.2) is 33.6 Å². The summed E-state index contributed by atoms with van der Waals surface area (Å²) in [7, 11) is 1.59. The highest BCUT2D eigenvalue weighted by Crippen LogP contribution is 2.16. The molecule has 0 saturated carbocycles. The molecule has 1 N–H and O–H groups in total. The van der Waals surface area contributed by atoms with Gasteiger partial charge in [0.1, 0.15) is 28.1 Å². The minimum absolute atomic E-state index is 0.0226. The Hall–Kier alpha value is -3.94. The van der Waals surface area contributed by atoms with Crippen LogP contribution in [0.1, 0.15) is 28.4 Å². The van der Waals surface area contributed by atoms with Crippen molar-refractivity contribution in [3.05, 3.63) is 81.2 Å². The molecule has 0 atom stereocenters. The van der Waals surface area contributed by atoms with E-state index in [0.717, 1.165) is 11.1 Å². The van der Waals surface area contributed by atoms with Crippen LogP contribution in [0.15, 0.2) is 53.5 Å². The molecule has 0 unspecified atom stereocenters. The molecule has 4 aromatic rings. The van der Waals surface area contributed by atoms with Gasteiger partial charge in [0.2, 0.25) is 0 Å². The third-order valence-electron chi connectivity index (χ3n) is 5.13. The highest BCUT2D eigenvalue weighted by molar-refractivity contribution is 5.93. The first kappa shape index (κ1) is 20.3. The third kappa shape index (κ3) is 3.56. The van der Waals surface area contributed by atoms with Crippen LogP contribution in [0.25, 0.3) is 16.7 Å². The van der Waals surface area contributed by atoms with E-state index in [4.69, 9.17) is 19.9 Å². The maximum absolute atomic E-state index is 13.3. The molecule has 8 nitrogen and oxygen atoms in total. The number of benzene rings is 1. The molecule has 8 heteroatoms. The number of esters is 1. The second kappa shape index (κ2) is 8.06. The predicted molar refractivity (Wildman–Crippen MR) is 116 cm³/mol. The van der Waals surface area contributed by atoms with Crippen LogP contribution >= 0.6 is 0 Å². The average Bonchev–Trinajstić information content (AvgIpc) is 2.77. The summed E-state index contributed by atoms with van der Waals surface area (Å²) in [6, 6.07) is 12.4. The van der Waals surface area contributed by atoms with Gasteiger partial charge in [-0.3, -0.25) is 14.6 Å². The van der Waals surface area contributed by atoms with Crippen molar-refractivity contribution in [3.63, 3.8) is 0 Å². The SMILES string of the molecule is CCOC(=O)c1cc2c(=O)n3cccc(C)c3nc2n(Cc2ccc(OC)cc2)c1=N. The molecule has 0 bridgehead atoms. The molecule has 0 amide bonds. The summed E-state index contributed by atoms with van der Waals surface area (Å²) in [6.07, 6.45) is 1.64. The quantitative estimate of drug-likeness (QED) is 0.397. The van der Waals surface area contributed by atoms with Crippen molar-refractivity contribution in [1.29, 1.82) is 5.41 Å². The van der Waals surface area contributed by atoms with Crippen molar-refractivity contribution in [3.8, 4) is 5.75 Å². The number of fused-ring (bicyclic) bond motifs is 2. The Morgan fingerprint density at radius 2 is 1.90 bits per heavy atom. The van der Waals surface area contributed by atoms with Crippen molar-refractivity contribution in [1.82, 2.24) is 14.0 Å². The van der Waals surface area contributed by atoms with Gasteiger partial charge in [0.25, 0.3) is 5.56 Å². The molecule has 0 aliphatic rings. The first-order valence-corrected chi connectivity index (χ1v) is 9.84. The van der Waals surface area contributed by atoms with Gasteiger partial charge >= 0.3 is 5.97 Å². The van der Waals surface area contributed by atoms with Gasteiger partial charge in [-0.25, -0.2) is 9.78 Å². The fourth-order valence-corrected chi connectivity index (χ4v) is 3.53. The zero-order chi connectivity index (χ0) is 22.1. The van der Waals surface area contributed by atoms with Gasteiger partial charge in [0.05, 0.1) is 25.6 Å². The van der Waals surface area contributed by atoms with Gasteiger partial charge < -0.3 is 14.0 Å². The van der Waals surface area contributed by atoms with Crippen LogP contribution in [0.3, 0.4) is 0 Å². The molecule has 3 heterocycles. The number of methoxy groups -OCH3 is 1. The summed E-state index contributed by atoms with van der Waals surface area (Å²) in [5.74, 6) is 0.0644. The summed E-state index contributed by atoms with van der Waals surface area (Å²) < 4.78 is 13.3. The van der Waals surface area contributed by atoms with Gasteiger partial charge in [0, 0.05) is 6.20 Å². The molecule has 31 heavy (non-hydrogen) atoms.